The molecular formula is C12H20FN3O4S2. The summed E-state index contributed by atoms with van der Waals surface area (Å²) >= 11 is 0. The zero-order valence-corrected chi connectivity index (χ0v) is 14.3. The molecule has 0 saturated heterocycles. The highest BCUT2D eigenvalue weighted by Crippen LogP contribution is 2.12. The standard InChI is InChI=1S/C12H20FN3O4S2/c1-15(2)22(19,20)14-8-9-16(21(3,17)18)10-11-6-4-5-7-12(11)13/h4-7,14H,8-10H2,1-3H3. The van der Waals surface area contributed by atoms with E-state index >= 15 is 0 Å². The van der Waals surface area contributed by atoms with Crippen LogP contribution in [0.15, 0.2) is 24.3 Å². The highest BCUT2D eigenvalue weighted by atomic mass is 32.2. The summed E-state index contributed by atoms with van der Waals surface area (Å²) in [6, 6.07) is 5.84. The van der Waals surface area contributed by atoms with E-state index in [4.69, 9.17) is 0 Å². The van der Waals surface area contributed by atoms with Crippen LogP contribution in [-0.4, -0.2) is 58.9 Å². The summed E-state index contributed by atoms with van der Waals surface area (Å²) in [5.74, 6) is -0.509. The SMILES string of the molecule is CN(C)S(=O)(=O)NCCN(Cc1ccccc1F)S(C)(=O)=O. The number of nitrogens with zero attached hydrogens (tertiary/aromatic N) is 2. The van der Waals surface area contributed by atoms with E-state index in [1.54, 1.807) is 6.07 Å². The van der Waals surface area contributed by atoms with Crippen molar-refractivity contribution in [1.29, 1.82) is 0 Å². The van der Waals surface area contributed by atoms with Crippen molar-refractivity contribution in [3.05, 3.63) is 35.6 Å². The van der Waals surface area contributed by atoms with Gasteiger partial charge in [0, 0.05) is 39.3 Å². The molecule has 1 rings (SSSR count). The van der Waals surface area contributed by atoms with E-state index in [1.165, 1.54) is 32.3 Å². The van der Waals surface area contributed by atoms with Crippen molar-refractivity contribution in [2.75, 3.05) is 33.4 Å². The van der Waals surface area contributed by atoms with Gasteiger partial charge < -0.3 is 0 Å². The smallest absolute Gasteiger partial charge is 0.212 e. The highest BCUT2D eigenvalue weighted by molar-refractivity contribution is 7.88. The van der Waals surface area contributed by atoms with E-state index in [1.807, 2.05) is 0 Å². The number of benzene rings is 1. The summed E-state index contributed by atoms with van der Waals surface area (Å²) < 4.78 is 64.5. The minimum atomic E-state index is -3.63. The van der Waals surface area contributed by atoms with Crippen molar-refractivity contribution in [3.63, 3.8) is 0 Å². The molecule has 0 fully saturated rings. The van der Waals surface area contributed by atoms with Gasteiger partial charge in [0.05, 0.1) is 6.26 Å². The molecule has 1 aromatic rings. The van der Waals surface area contributed by atoms with E-state index in [0.717, 1.165) is 14.9 Å². The van der Waals surface area contributed by atoms with Crippen LogP contribution in [0.1, 0.15) is 5.56 Å². The molecule has 22 heavy (non-hydrogen) atoms. The van der Waals surface area contributed by atoms with Crippen LogP contribution in [0.25, 0.3) is 0 Å². The maximum absolute atomic E-state index is 13.6. The molecule has 0 atom stereocenters. The number of hydrogen-bond donors (Lipinski definition) is 1. The van der Waals surface area contributed by atoms with Crippen molar-refractivity contribution in [2.24, 2.45) is 0 Å². The van der Waals surface area contributed by atoms with Gasteiger partial charge in [-0.3, -0.25) is 0 Å². The Labute approximate surface area is 131 Å². The predicted molar refractivity (Wildman–Crippen MR) is 82.3 cm³/mol. The first-order valence-corrected chi connectivity index (χ1v) is 9.68. The molecule has 0 radical (unpaired) electrons. The Bertz CT molecular complexity index is 705. The van der Waals surface area contributed by atoms with E-state index < -0.39 is 26.0 Å². The Morgan fingerprint density at radius 1 is 1.14 bits per heavy atom. The summed E-state index contributed by atoms with van der Waals surface area (Å²) in [4.78, 5) is 0. The van der Waals surface area contributed by atoms with Gasteiger partial charge in [-0.2, -0.15) is 17.0 Å². The molecule has 126 valence electrons. The number of nitrogens with one attached hydrogen (secondary N) is 1. The summed E-state index contributed by atoms with van der Waals surface area (Å²) in [6.07, 6.45) is 0.994. The third-order valence-corrected chi connectivity index (χ3v) is 5.68. The number of hydrogen-bond acceptors (Lipinski definition) is 4. The van der Waals surface area contributed by atoms with E-state index in [-0.39, 0.29) is 25.2 Å². The fourth-order valence-electron chi connectivity index (χ4n) is 1.61. The lowest BCUT2D eigenvalue weighted by molar-refractivity contribution is 0.402. The molecule has 0 unspecified atom stereocenters. The van der Waals surface area contributed by atoms with Crippen LogP contribution in [0.2, 0.25) is 0 Å². The Morgan fingerprint density at radius 3 is 2.23 bits per heavy atom. The van der Waals surface area contributed by atoms with Crippen LogP contribution < -0.4 is 4.72 Å². The minimum absolute atomic E-state index is 0.0970. The molecule has 0 aromatic heterocycles. The largest absolute Gasteiger partial charge is 0.278 e. The topological polar surface area (TPSA) is 86.8 Å². The molecule has 0 amide bonds. The van der Waals surface area contributed by atoms with Crippen LogP contribution >= 0.6 is 0 Å². The molecule has 1 N–H and O–H groups in total. The summed E-state index contributed by atoms with van der Waals surface area (Å²) in [5, 5.41) is 0. The second kappa shape index (κ2) is 7.47. The molecular weight excluding hydrogens is 333 g/mol. The Morgan fingerprint density at radius 2 is 1.73 bits per heavy atom. The first kappa shape index (κ1) is 19.0. The zero-order valence-electron chi connectivity index (χ0n) is 12.7. The molecule has 0 spiro atoms. The lowest BCUT2D eigenvalue weighted by atomic mass is 10.2. The van der Waals surface area contributed by atoms with Crippen LogP contribution in [0.3, 0.4) is 0 Å². The van der Waals surface area contributed by atoms with Gasteiger partial charge in [-0.15, -0.1) is 0 Å². The van der Waals surface area contributed by atoms with Crippen LogP contribution in [-0.2, 0) is 26.8 Å². The molecule has 0 bridgehead atoms. The Hall–Kier alpha value is -1.07. The van der Waals surface area contributed by atoms with Crippen molar-refractivity contribution in [2.45, 2.75) is 6.54 Å². The van der Waals surface area contributed by atoms with Gasteiger partial charge in [-0.25, -0.2) is 17.5 Å². The summed E-state index contributed by atoms with van der Waals surface area (Å²) in [6.45, 7) is -0.364. The molecule has 0 aliphatic heterocycles. The predicted octanol–water partition coefficient (Wildman–Crippen LogP) is -0.0167. The van der Waals surface area contributed by atoms with Gasteiger partial charge in [-0.1, -0.05) is 18.2 Å². The average Bonchev–Trinajstić information content (AvgIpc) is 2.38. The highest BCUT2D eigenvalue weighted by Gasteiger charge is 2.20. The molecule has 0 heterocycles. The number of halogens is 1. The van der Waals surface area contributed by atoms with E-state index in [9.17, 15) is 21.2 Å². The maximum Gasteiger partial charge on any atom is 0.278 e. The number of sulfonamides is 1. The van der Waals surface area contributed by atoms with Crippen molar-refractivity contribution >= 4 is 20.2 Å². The summed E-state index contributed by atoms with van der Waals surface area (Å²) in [7, 11) is -4.52. The first-order chi connectivity index (χ1) is 10.0. The fourth-order valence-corrected chi connectivity index (χ4v) is 3.01. The fraction of sp³-hybridized carbons (Fsp3) is 0.500. The molecule has 10 heteroatoms. The molecule has 0 aliphatic rings. The maximum atomic E-state index is 13.6. The van der Waals surface area contributed by atoms with Gasteiger partial charge in [0.2, 0.25) is 10.0 Å². The van der Waals surface area contributed by atoms with Gasteiger partial charge >= 0.3 is 0 Å². The molecule has 7 nitrogen and oxygen atoms in total. The van der Waals surface area contributed by atoms with Gasteiger partial charge in [0.15, 0.2) is 0 Å². The zero-order chi connectivity index (χ0) is 17.0. The third-order valence-electron chi connectivity index (χ3n) is 2.90. The monoisotopic (exact) mass is 353 g/mol. The summed E-state index contributed by atoms with van der Waals surface area (Å²) in [5.41, 5.74) is 0.225. The lowest BCUT2D eigenvalue weighted by Crippen LogP contribution is -2.41. The molecule has 1 aromatic carbocycles. The van der Waals surface area contributed by atoms with Crippen LogP contribution in [0.5, 0.6) is 0 Å². The second-order valence-electron chi connectivity index (χ2n) is 4.87. The minimum Gasteiger partial charge on any atom is -0.212 e. The van der Waals surface area contributed by atoms with Gasteiger partial charge in [-0.05, 0) is 6.07 Å². The van der Waals surface area contributed by atoms with E-state index in [0.29, 0.717) is 0 Å². The Kier molecular flexibility index (Phi) is 6.44. The van der Waals surface area contributed by atoms with Crippen molar-refractivity contribution < 1.29 is 21.2 Å². The molecule has 0 aliphatic carbocycles. The Balaban J connectivity index is 2.78. The normalized spacial score (nSPS) is 13.0. The second-order valence-corrected chi connectivity index (χ2v) is 8.82. The van der Waals surface area contributed by atoms with Gasteiger partial charge in [0.1, 0.15) is 5.82 Å². The van der Waals surface area contributed by atoms with Crippen molar-refractivity contribution in [3.8, 4) is 0 Å². The first-order valence-electron chi connectivity index (χ1n) is 6.39. The average molecular weight is 353 g/mol. The molecule has 0 saturated carbocycles. The lowest BCUT2D eigenvalue weighted by Gasteiger charge is -2.21. The van der Waals surface area contributed by atoms with Gasteiger partial charge in [0.25, 0.3) is 10.2 Å². The number of rotatable bonds is 8. The quantitative estimate of drug-likeness (QED) is 0.712. The van der Waals surface area contributed by atoms with Crippen molar-refractivity contribution in [1.82, 2.24) is 13.3 Å². The van der Waals surface area contributed by atoms with E-state index in [2.05, 4.69) is 4.72 Å². The van der Waals surface area contributed by atoms with Crippen LogP contribution in [0.4, 0.5) is 4.39 Å². The third kappa shape index (κ3) is 5.61. The van der Waals surface area contributed by atoms with Crippen LogP contribution in [0, 0.1) is 5.82 Å².